The number of carboxylic acid groups (broad SMARTS) is 1. The van der Waals surface area contributed by atoms with Crippen LogP contribution in [0.5, 0.6) is 0 Å². The van der Waals surface area contributed by atoms with Crippen LogP contribution in [0.2, 0.25) is 0 Å². The first kappa shape index (κ1) is 6.86. The second-order valence-corrected chi connectivity index (χ2v) is 1.86. The summed E-state index contributed by atoms with van der Waals surface area (Å²) in [5, 5.41) is 11.9. The van der Waals surface area contributed by atoms with Crippen LogP contribution in [0.15, 0.2) is 12.4 Å². The second-order valence-electron chi connectivity index (χ2n) is 1.86. The monoisotopic (exact) mass is 136 g/mol. The summed E-state index contributed by atoms with van der Waals surface area (Å²) in [6.07, 6.45) is 2.87. The Bertz CT molecular complexity index is 246. The lowest BCUT2D eigenvalue weighted by atomic mass is 10.0. The number of hydrogen-bond donors (Lipinski definition) is 1. The lowest BCUT2D eigenvalue weighted by molar-refractivity contribution is -0.137. The largest absolute Gasteiger partial charge is 0.480 e. The van der Waals surface area contributed by atoms with E-state index in [9.17, 15) is 4.79 Å². The van der Waals surface area contributed by atoms with Gasteiger partial charge in [0.1, 0.15) is 14.4 Å². The van der Waals surface area contributed by atoms with Crippen molar-refractivity contribution < 1.29 is 9.90 Å². The van der Waals surface area contributed by atoms with Crippen LogP contribution in [0.25, 0.3) is 0 Å². The summed E-state index contributed by atoms with van der Waals surface area (Å²) in [4.78, 5) is 10.1. The molecular formula is C5H5BN2O2. The highest BCUT2D eigenvalue weighted by Crippen LogP contribution is 1.79. The third-order valence-electron chi connectivity index (χ3n) is 0.950. The van der Waals surface area contributed by atoms with Crippen molar-refractivity contribution in [1.29, 1.82) is 0 Å². The minimum atomic E-state index is -0.928. The smallest absolute Gasteiger partial charge is 0.325 e. The van der Waals surface area contributed by atoms with Gasteiger partial charge in [-0.2, -0.15) is 5.10 Å². The standard InChI is InChI=1S/C5H5BN2O2/c6-4-1-7-8(2-4)3-5(9)10/h1-2H,3H2,(H,9,10). The summed E-state index contributed by atoms with van der Waals surface area (Å²) in [6, 6.07) is 0. The van der Waals surface area contributed by atoms with E-state index in [0.717, 1.165) is 0 Å². The Morgan fingerprint density at radius 3 is 3.00 bits per heavy atom. The third kappa shape index (κ3) is 1.61. The average molecular weight is 136 g/mol. The Hall–Kier alpha value is -1.26. The van der Waals surface area contributed by atoms with Gasteiger partial charge in [0, 0.05) is 12.4 Å². The van der Waals surface area contributed by atoms with Crippen molar-refractivity contribution in [3.63, 3.8) is 0 Å². The van der Waals surface area contributed by atoms with Gasteiger partial charge in [0.25, 0.3) is 0 Å². The Balaban J connectivity index is 2.67. The highest BCUT2D eigenvalue weighted by molar-refractivity contribution is 6.31. The number of aromatic nitrogens is 2. The first-order valence-electron chi connectivity index (χ1n) is 2.68. The van der Waals surface area contributed by atoms with Crippen LogP contribution in [-0.2, 0) is 11.3 Å². The molecule has 0 aromatic carbocycles. The normalized spacial score (nSPS) is 9.60. The molecule has 1 aromatic heterocycles. The quantitative estimate of drug-likeness (QED) is 0.517. The SMILES string of the molecule is [B]c1cnn(CC(=O)O)c1. The highest BCUT2D eigenvalue weighted by atomic mass is 16.4. The van der Waals surface area contributed by atoms with Crippen LogP contribution in [0.3, 0.4) is 0 Å². The number of rotatable bonds is 2. The molecule has 1 aromatic rings. The molecule has 0 amide bonds. The van der Waals surface area contributed by atoms with Crippen molar-refractivity contribution in [3.8, 4) is 0 Å². The number of aliphatic carboxylic acids is 1. The van der Waals surface area contributed by atoms with Gasteiger partial charge in [-0.05, 0) is 0 Å². The number of carbonyl (C=O) groups is 1. The average Bonchev–Trinajstić information content (AvgIpc) is 2.13. The van der Waals surface area contributed by atoms with E-state index in [1.807, 2.05) is 0 Å². The van der Waals surface area contributed by atoms with E-state index in [1.54, 1.807) is 0 Å². The van der Waals surface area contributed by atoms with E-state index in [4.69, 9.17) is 13.0 Å². The molecule has 1 N–H and O–H groups in total. The van der Waals surface area contributed by atoms with E-state index in [2.05, 4.69) is 5.10 Å². The second kappa shape index (κ2) is 2.55. The van der Waals surface area contributed by atoms with E-state index in [-0.39, 0.29) is 6.54 Å². The van der Waals surface area contributed by atoms with Gasteiger partial charge >= 0.3 is 5.97 Å². The summed E-state index contributed by atoms with van der Waals surface area (Å²) >= 11 is 0. The van der Waals surface area contributed by atoms with E-state index >= 15 is 0 Å². The Labute approximate surface area is 58.9 Å². The molecule has 5 heteroatoms. The fraction of sp³-hybridized carbons (Fsp3) is 0.200. The van der Waals surface area contributed by atoms with Gasteiger partial charge in [0.05, 0.1) is 0 Å². The summed E-state index contributed by atoms with van der Waals surface area (Å²) < 4.78 is 1.26. The molecule has 0 aliphatic carbocycles. The maximum atomic E-state index is 10.1. The summed E-state index contributed by atoms with van der Waals surface area (Å²) in [5.74, 6) is -0.928. The Morgan fingerprint density at radius 1 is 1.90 bits per heavy atom. The Kier molecular flexibility index (Phi) is 1.75. The first-order chi connectivity index (χ1) is 4.68. The third-order valence-corrected chi connectivity index (χ3v) is 0.950. The predicted octanol–water partition coefficient (Wildman–Crippen LogP) is -1.24. The number of carboxylic acids is 1. The highest BCUT2D eigenvalue weighted by Gasteiger charge is 1.98. The van der Waals surface area contributed by atoms with Gasteiger partial charge in [0.2, 0.25) is 0 Å². The molecule has 2 radical (unpaired) electrons. The van der Waals surface area contributed by atoms with Gasteiger partial charge in [-0.3, -0.25) is 9.48 Å². The summed E-state index contributed by atoms with van der Waals surface area (Å²) in [5.41, 5.74) is 0.473. The lowest BCUT2D eigenvalue weighted by Crippen LogP contribution is -2.09. The van der Waals surface area contributed by atoms with Gasteiger partial charge in [0.15, 0.2) is 0 Å². The van der Waals surface area contributed by atoms with Crippen molar-refractivity contribution in [2.24, 2.45) is 0 Å². The predicted molar refractivity (Wildman–Crippen MR) is 35.3 cm³/mol. The molecule has 0 atom stereocenters. The first-order valence-corrected chi connectivity index (χ1v) is 2.68. The molecule has 0 fully saturated rings. The van der Waals surface area contributed by atoms with Crippen LogP contribution in [-0.4, -0.2) is 28.7 Å². The van der Waals surface area contributed by atoms with Crippen molar-refractivity contribution in [2.75, 3.05) is 0 Å². The Morgan fingerprint density at radius 2 is 2.60 bits per heavy atom. The molecule has 0 aliphatic rings. The number of hydrogen-bond acceptors (Lipinski definition) is 2. The topological polar surface area (TPSA) is 55.1 Å². The van der Waals surface area contributed by atoms with Crippen molar-refractivity contribution in [1.82, 2.24) is 9.78 Å². The maximum absolute atomic E-state index is 10.1. The zero-order chi connectivity index (χ0) is 7.56. The lowest BCUT2D eigenvalue weighted by Gasteiger charge is -1.92. The van der Waals surface area contributed by atoms with Crippen LogP contribution >= 0.6 is 0 Å². The van der Waals surface area contributed by atoms with Crippen LogP contribution in [0.4, 0.5) is 0 Å². The minimum Gasteiger partial charge on any atom is -0.480 e. The molecule has 1 rings (SSSR count). The van der Waals surface area contributed by atoms with Crippen LogP contribution < -0.4 is 5.46 Å². The number of nitrogens with zero attached hydrogens (tertiary/aromatic N) is 2. The van der Waals surface area contributed by atoms with Gasteiger partial charge < -0.3 is 5.11 Å². The molecule has 1 heterocycles. The molecule has 0 spiro atoms. The van der Waals surface area contributed by atoms with Crippen molar-refractivity contribution in [3.05, 3.63) is 12.4 Å². The molecular weight excluding hydrogens is 131 g/mol. The van der Waals surface area contributed by atoms with Gasteiger partial charge in [-0.1, -0.05) is 5.46 Å². The summed E-state index contributed by atoms with van der Waals surface area (Å²) in [7, 11) is 5.28. The van der Waals surface area contributed by atoms with Crippen LogP contribution in [0, 0.1) is 0 Å². The van der Waals surface area contributed by atoms with E-state index in [1.165, 1.54) is 17.1 Å². The molecule has 0 aliphatic heterocycles. The van der Waals surface area contributed by atoms with Crippen LogP contribution in [0.1, 0.15) is 0 Å². The van der Waals surface area contributed by atoms with Gasteiger partial charge in [-0.15, -0.1) is 0 Å². The van der Waals surface area contributed by atoms with Gasteiger partial charge in [-0.25, -0.2) is 0 Å². The molecule has 0 unspecified atom stereocenters. The molecule has 0 saturated carbocycles. The maximum Gasteiger partial charge on any atom is 0.325 e. The summed E-state index contributed by atoms with van der Waals surface area (Å²) in [6.45, 7) is -0.142. The van der Waals surface area contributed by atoms with E-state index in [0.29, 0.717) is 5.46 Å². The van der Waals surface area contributed by atoms with Crippen molar-refractivity contribution >= 4 is 19.3 Å². The molecule has 10 heavy (non-hydrogen) atoms. The molecule has 0 saturated heterocycles. The zero-order valence-electron chi connectivity index (χ0n) is 5.19. The molecule has 50 valence electrons. The zero-order valence-corrected chi connectivity index (χ0v) is 5.19. The van der Waals surface area contributed by atoms with E-state index < -0.39 is 5.97 Å². The minimum absolute atomic E-state index is 0.142. The van der Waals surface area contributed by atoms with Crippen molar-refractivity contribution in [2.45, 2.75) is 6.54 Å². The molecule has 4 nitrogen and oxygen atoms in total. The fourth-order valence-electron chi connectivity index (χ4n) is 0.605. The fourth-order valence-corrected chi connectivity index (χ4v) is 0.605. The molecule has 0 bridgehead atoms.